The molecule has 0 spiro atoms. The van der Waals surface area contributed by atoms with Crippen molar-refractivity contribution >= 4 is 17.0 Å². The lowest BCUT2D eigenvalue weighted by atomic mass is 9.95. The van der Waals surface area contributed by atoms with E-state index in [4.69, 9.17) is 11.5 Å². The normalized spacial score (nSPS) is 15.9. The fourth-order valence-electron chi connectivity index (χ4n) is 1.54. The molecule has 0 aliphatic heterocycles. The molecule has 1 aliphatic rings. The molecule has 0 unspecified atom stereocenters. The quantitative estimate of drug-likeness (QED) is 0.674. The Labute approximate surface area is 88.1 Å². The number of hydrogen-bond acceptors (Lipinski definition) is 3. The molecule has 0 bridgehead atoms. The van der Waals surface area contributed by atoms with Crippen LogP contribution in [0.2, 0.25) is 0 Å². The molecule has 3 heteroatoms. The number of hydrogen-bond donors (Lipinski definition) is 2. The molecule has 3 nitrogen and oxygen atoms in total. The lowest BCUT2D eigenvalue weighted by molar-refractivity contribution is -0.113. The van der Waals surface area contributed by atoms with Crippen LogP contribution in [0.5, 0.6) is 0 Å². The van der Waals surface area contributed by atoms with Gasteiger partial charge < -0.3 is 11.5 Å². The number of nitrogen functional groups attached to an aromatic ring is 1. The minimum atomic E-state index is 0.0553. The Bertz CT molecular complexity index is 455. The van der Waals surface area contributed by atoms with E-state index in [9.17, 15) is 4.79 Å². The van der Waals surface area contributed by atoms with Gasteiger partial charge in [0.2, 0.25) is 0 Å². The molecule has 15 heavy (non-hydrogen) atoms. The molecular formula is C12H12N2O. The summed E-state index contributed by atoms with van der Waals surface area (Å²) in [4.78, 5) is 11.7. The van der Waals surface area contributed by atoms with Crippen molar-refractivity contribution in [1.29, 1.82) is 0 Å². The highest BCUT2D eigenvalue weighted by molar-refractivity contribution is 6.22. The molecule has 76 valence electrons. The average Bonchev–Trinajstić information content (AvgIpc) is 2.20. The van der Waals surface area contributed by atoms with E-state index in [1.54, 1.807) is 24.3 Å². The monoisotopic (exact) mass is 200 g/mol. The highest BCUT2D eigenvalue weighted by Gasteiger charge is 2.15. The summed E-state index contributed by atoms with van der Waals surface area (Å²) >= 11 is 0. The van der Waals surface area contributed by atoms with E-state index in [-0.39, 0.29) is 5.78 Å². The van der Waals surface area contributed by atoms with Gasteiger partial charge >= 0.3 is 0 Å². The molecular weight excluding hydrogens is 188 g/mol. The van der Waals surface area contributed by atoms with Gasteiger partial charge in [-0.1, -0.05) is 12.1 Å². The number of anilines is 1. The minimum Gasteiger partial charge on any atom is -0.402 e. The lowest BCUT2D eigenvalue weighted by Gasteiger charge is -2.11. The van der Waals surface area contributed by atoms with Crippen molar-refractivity contribution in [3.8, 4) is 0 Å². The maximum absolute atomic E-state index is 11.7. The highest BCUT2D eigenvalue weighted by atomic mass is 16.1. The standard InChI is InChI=1S/C12H12N2O/c13-9-3-1-8(2-4-9)11-6-5-10(14)7-12(11)15/h1-6H,7,13-14H2. The number of allylic oxidation sites excluding steroid dienone is 4. The zero-order valence-electron chi connectivity index (χ0n) is 8.23. The van der Waals surface area contributed by atoms with E-state index in [1.807, 2.05) is 12.1 Å². The second-order valence-electron chi connectivity index (χ2n) is 3.54. The Morgan fingerprint density at radius 1 is 1.00 bits per heavy atom. The summed E-state index contributed by atoms with van der Waals surface area (Å²) in [5.41, 5.74) is 14.0. The lowest BCUT2D eigenvalue weighted by Crippen LogP contribution is -2.11. The van der Waals surface area contributed by atoms with Crippen LogP contribution in [0, 0.1) is 0 Å². The largest absolute Gasteiger partial charge is 0.402 e. The number of ketones is 1. The van der Waals surface area contributed by atoms with E-state index in [1.165, 1.54) is 0 Å². The third kappa shape index (κ3) is 1.91. The maximum Gasteiger partial charge on any atom is 0.169 e. The van der Waals surface area contributed by atoms with Crippen LogP contribution in [0.4, 0.5) is 5.69 Å². The van der Waals surface area contributed by atoms with Gasteiger partial charge in [0.05, 0.1) is 6.42 Å². The predicted octanol–water partition coefficient (Wildman–Crippen LogP) is 1.47. The van der Waals surface area contributed by atoms with Gasteiger partial charge in [-0.25, -0.2) is 0 Å². The van der Waals surface area contributed by atoms with E-state index in [0.717, 1.165) is 5.56 Å². The van der Waals surface area contributed by atoms with Crippen LogP contribution >= 0.6 is 0 Å². The maximum atomic E-state index is 11.7. The van der Waals surface area contributed by atoms with E-state index < -0.39 is 0 Å². The summed E-state index contributed by atoms with van der Waals surface area (Å²) in [6, 6.07) is 7.25. The van der Waals surface area contributed by atoms with E-state index in [0.29, 0.717) is 23.4 Å². The molecule has 0 amide bonds. The molecule has 0 radical (unpaired) electrons. The van der Waals surface area contributed by atoms with Crippen molar-refractivity contribution in [3.05, 3.63) is 47.7 Å². The van der Waals surface area contributed by atoms with Gasteiger partial charge in [0.25, 0.3) is 0 Å². The van der Waals surface area contributed by atoms with Crippen LogP contribution in [0.1, 0.15) is 12.0 Å². The molecule has 1 aromatic carbocycles. The summed E-state index contributed by atoms with van der Waals surface area (Å²) in [5.74, 6) is 0.0553. The van der Waals surface area contributed by atoms with Crippen molar-refractivity contribution in [3.63, 3.8) is 0 Å². The molecule has 0 heterocycles. The summed E-state index contributed by atoms with van der Waals surface area (Å²) in [6.07, 6.45) is 3.83. The van der Waals surface area contributed by atoms with Crippen LogP contribution in [-0.2, 0) is 4.79 Å². The summed E-state index contributed by atoms with van der Waals surface area (Å²) < 4.78 is 0. The Kier molecular flexibility index (Phi) is 2.29. The molecule has 0 aromatic heterocycles. The fourth-order valence-corrected chi connectivity index (χ4v) is 1.54. The second kappa shape index (κ2) is 3.61. The molecule has 0 saturated heterocycles. The Morgan fingerprint density at radius 2 is 1.67 bits per heavy atom. The van der Waals surface area contributed by atoms with Crippen molar-refractivity contribution in [2.24, 2.45) is 5.73 Å². The van der Waals surface area contributed by atoms with Crippen LogP contribution < -0.4 is 11.5 Å². The first kappa shape index (κ1) is 9.52. The number of carbonyl (C=O) groups excluding carboxylic acids is 1. The Balaban J connectivity index is 2.39. The predicted molar refractivity (Wildman–Crippen MR) is 60.7 cm³/mol. The fraction of sp³-hybridized carbons (Fsp3) is 0.0833. The van der Waals surface area contributed by atoms with Crippen LogP contribution in [-0.4, -0.2) is 5.78 Å². The van der Waals surface area contributed by atoms with Gasteiger partial charge in [-0.2, -0.15) is 0 Å². The number of benzene rings is 1. The van der Waals surface area contributed by atoms with Crippen LogP contribution in [0.25, 0.3) is 5.57 Å². The molecule has 0 atom stereocenters. The zero-order chi connectivity index (χ0) is 10.8. The smallest absolute Gasteiger partial charge is 0.169 e. The average molecular weight is 200 g/mol. The molecule has 1 aliphatic carbocycles. The number of nitrogens with two attached hydrogens (primary N) is 2. The van der Waals surface area contributed by atoms with E-state index in [2.05, 4.69) is 0 Å². The topological polar surface area (TPSA) is 69.1 Å². The summed E-state index contributed by atoms with van der Waals surface area (Å²) in [5, 5.41) is 0. The minimum absolute atomic E-state index is 0.0553. The summed E-state index contributed by atoms with van der Waals surface area (Å²) in [6.45, 7) is 0. The summed E-state index contributed by atoms with van der Waals surface area (Å²) in [7, 11) is 0. The number of Topliss-reactive ketones (excluding diaryl/α,β-unsaturated/α-hetero) is 1. The third-order valence-electron chi connectivity index (χ3n) is 2.35. The van der Waals surface area contributed by atoms with Crippen LogP contribution in [0.15, 0.2) is 42.1 Å². The Hall–Kier alpha value is -2.03. The van der Waals surface area contributed by atoms with E-state index >= 15 is 0 Å². The van der Waals surface area contributed by atoms with Crippen molar-refractivity contribution in [1.82, 2.24) is 0 Å². The molecule has 4 N–H and O–H groups in total. The van der Waals surface area contributed by atoms with Gasteiger partial charge in [-0.05, 0) is 29.8 Å². The first-order valence-corrected chi connectivity index (χ1v) is 4.72. The number of rotatable bonds is 1. The Morgan fingerprint density at radius 3 is 2.27 bits per heavy atom. The van der Waals surface area contributed by atoms with Crippen molar-refractivity contribution < 1.29 is 4.79 Å². The molecule has 0 saturated carbocycles. The van der Waals surface area contributed by atoms with Crippen molar-refractivity contribution in [2.45, 2.75) is 6.42 Å². The second-order valence-corrected chi connectivity index (χ2v) is 3.54. The highest BCUT2D eigenvalue weighted by Crippen LogP contribution is 2.22. The first-order valence-electron chi connectivity index (χ1n) is 4.72. The van der Waals surface area contributed by atoms with Crippen molar-refractivity contribution in [2.75, 3.05) is 5.73 Å². The molecule has 1 aromatic rings. The first-order chi connectivity index (χ1) is 7.16. The zero-order valence-corrected chi connectivity index (χ0v) is 8.23. The molecule has 0 fully saturated rings. The van der Waals surface area contributed by atoms with Gasteiger partial charge in [0.15, 0.2) is 5.78 Å². The third-order valence-corrected chi connectivity index (χ3v) is 2.35. The van der Waals surface area contributed by atoms with Gasteiger partial charge in [-0.15, -0.1) is 0 Å². The van der Waals surface area contributed by atoms with Crippen LogP contribution in [0.3, 0.4) is 0 Å². The van der Waals surface area contributed by atoms with Gasteiger partial charge in [-0.3, -0.25) is 4.79 Å². The van der Waals surface area contributed by atoms with Gasteiger partial charge in [0.1, 0.15) is 0 Å². The SMILES string of the molecule is NC1=CC=C(c2ccc(N)cc2)C(=O)C1. The number of carbonyl (C=O) groups is 1. The van der Waals surface area contributed by atoms with Gasteiger partial charge in [0, 0.05) is 17.0 Å². The molecule has 2 rings (SSSR count).